The minimum absolute atomic E-state index is 0.0342. The van der Waals surface area contributed by atoms with E-state index >= 15 is 0 Å². The molecule has 3 N–H and O–H groups in total. The second-order valence-electron chi connectivity index (χ2n) is 6.71. The summed E-state index contributed by atoms with van der Waals surface area (Å²) in [4.78, 5) is 17.4. The maximum absolute atomic E-state index is 12.9. The minimum Gasteiger partial charge on any atom is -0.497 e. The van der Waals surface area contributed by atoms with Crippen molar-refractivity contribution >= 4 is 32.7 Å². The zero-order chi connectivity index (χ0) is 22.9. The summed E-state index contributed by atoms with van der Waals surface area (Å²) in [7, 11) is -2.19. The summed E-state index contributed by atoms with van der Waals surface area (Å²) >= 11 is 1.31. The topological polar surface area (TPSA) is 145 Å². The summed E-state index contributed by atoms with van der Waals surface area (Å²) in [5.74, 6) is 0.745. The van der Waals surface area contributed by atoms with Gasteiger partial charge < -0.3 is 4.74 Å². The lowest BCUT2D eigenvalue weighted by molar-refractivity contribution is 0.415. The molecular weight excluding hydrogens is 452 g/mol. The number of thiazole rings is 1. The van der Waals surface area contributed by atoms with E-state index in [0.717, 1.165) is 17.0 Å². The maximum Gasteiger partial charge on any atom is 0.301 e. The first-order valence-electron chi connectivity index (χ1n) is 9.23. The summed E-state index contributed by atoms with van der Waals surface area (Å²) in [5.41, 5.74) is 2.24. The molecule has 2 aromatic carbocycles. The zero-order valence-electron chi connectivity index (χ0n) is 17.0. The van der Waals surface area contributed by atoms with E-state index in [1.54, 1.807) is 14.0 Å². The molecule has 0 saturated carbocycles. The quantitative estimate of drug-likeness (QED) is 0.413. The number of azo groups is 1. The van der Waals surface area contributed by atoms with Crippen molar-refractivity contribution in [2.24, 2.45) is 15.4 Å². The Morgan fingerprint density at radius 2 is 1.78 bits per heavy atom. The van der Waals surface area contributed by atoms with Crippen molar-refractivity contribution in [2.75, 3.05) is 7.11 Å². The van der Waals surface area contributed by atoms with Crippen LogP contribution >= 0.6 is 11.3 Å². The number of hydrogen-bond acceptors (Lipinski definition) is 8. The van der Waals surface area contributed by atoms with Crippen LogP contribution in [0.3, 0.4) is 0 Å². The van der Waals surface area contributed by atoms with Crippen molar-refractivity contribution in [3.63, 3.8) is 0 Å². The van der Waals surface area contributed by atoms with E-state index in [-0.39, 0.29) is 10.6 Å². The SMILES string of the molecule is COc1ccc(-c2csc(-n3[nH]c(C)c(N=Nc4ccc(S(N)(=O)=O)cc4)c3=O)n2)cc1. The van der Waals surface area contributed by atoms with Crippen LogP contribution in [0.4, 0.5) is 11.4 Å². The summed E-state index contributed by atoms with van der Waals surface area (Å²) in [6.07, 6.45) is 0. The Morgan fingerprint density at radius 1 is 1.09 bits per heavy atom. The lowest BCUT2D eigenvalue weighted by Crippen LogP contribution is -2.13. The Morgan fingerprint density at radius 3 is 2.41 bits per heavy atom. The molecule has 10 nitrogen and oxygen atoms in total. The standard InChI is InChI=1S/C20H18N6O4S2/c1-12-18(24-23-14-5-9-16(10-6-14)32(21,28)29)19(27)26(25-12)20-22-17(11-31-20)13-3-7-15(30-2)8-4-13/h3-11,25H,1-2H3,(H2,21,28,29). The Hall–Kier alpha value is -3.61. The number of rotatable bonds is 6. The Bertz CT molecular complexity index is 1450. The number of nitrogens with one attached hydrogen (secondary N) is 1. The van der Waals surface area contributed by atoms with Gasteiger partial charge in [-0.05, 0) is 55.5 Å². The number of aromatic nitrogens is 3. The molecule has 4 aromatic rings. The van der Waals surface area contributed by atoms with Gasteiger partial charge in [0.1, 0.15) is 5.75 Å². The summed E-state index contributed by atoms with van der Waals surface area (Å²) < 4.78 is 29.2. The van der Waals surface area contributed by atoms with Gasteiger partial charge in [-0.2, -0.15) is 9.80 Å². The zero-order valence-corrected chi connectivity index (χ0v) is 18.6. The molecule has 0 unspecified atom stereocenters. The molecule has 0 saturated heterocycles. The minimum atomic E-state index is -3.79. The molecule has 0 bridgehead atoms. The predicted octanol–water partition coefficient (Wildman–Crippen LogP) is 3.67. The molecule has 0 radical (unpaired) electrons. The molecule has 0 spiro atoms. The molecule has 0 aliphatic heterocycles. The Kier molecular flexibility index (Phi) is 5.74. The van der Waals surface area contributed by atoms with E-state index < -0.39 is 15.6 Å². The first kappa shape index (κ1) is 21.6. The fourth-order valence-electron chi connectivity index (χ4n) is 2.86. The van der Waals surface area contributed by atoms with Crippen molar-refractivity contribution in [1.82, 2.24) is 14.8 Å². The molecule has 0 amide bonds. The second kappa shape index (κ2) is 8.49. The molecule has 0 aliphatic carbocycles. The van der Waals surface area contributed by atoms with Crippen molar-refractivity contribution < 1.29 is 13.2 Å². The lowest BCUT2D eigenvalue weighted by atomic mass is 10.2. The van der Waals surface area contributed by atoms with E-state index in [4.69, 9.17) is 9.88 Å². The highest BCUT2D eigenvalue weighted by Crippen LogP contribution is 2.26. The summed E-state index contributed by atoms with van der Waals surface area (Å²) in [6, 6.07) is 13.0. The average Bonchev–Trinajstić information content (AvgIpc) is 3.37. The number of sulfonamides is 1. The third-order valence-corrected chi connectivity index (χ3v) is 6.30. The summed E-state index contributed by atoms with van der Waals surface area (Å²) in [6.45, 7) is 1.70. The van der Waals surface area contributed by atoms with Crippen LogP contribution in [0, 0.1) is 6.92 Å². The van der Waals surface area contributed by atoms with E-state index in [1.165, 1.54) is 40.3 Å². The molecule has 0 atom stereocenters. The first-order chi connectivity index (χ1) is 15.3. The summed E-state index contributed by atoms with van der Waals surface area (Å²) in [5, 5.41) is 18.4. The van der Waals surface area contributed by atoms with E-state index in [0.29, 0.717) is 16.5 Å². The van der Waals surface area contributed by atoms with Crippen LogP contribution in [0.1, 0.15) is 5.69 Å². The van der Waals surface area contributed by atoms with Gasteiger partial charge in [-0.15, -0.1) is 16.5 Å². The number of aromatic amines is 1. The first-order valence-corrected chi connectivity index (χ1v) is 11.7. The van der Waals surface area contributed by atoms with Crippen molar-refractivity contribution in [2.45, 2.75) is 11.8 Å². The molecule has 0 fully saturated rings. The number of methoxy groups -OCH3 is 1. The normalized spacial score (nSPS) is 11.8. The van der Waals surface area contributed by atoms with Crippen LogP contribution in [0.15, 0.2) is 73.8 Å². The number of aryl methyl sites for hydroxylation is 1. The molecule has 2 aromatic heterocycles. The third kappa shape index (κ3) is 4.37. The largest absolute Gasteiger partial charge is 0.497 e. The number of nitrogens with zero attached hydrogens (tertiary/aromatic N) is 4. The van der Waals surface area contributed by atoms with Crippen LogP contribution in [0.5, 0.6) is 5.75 Å². The van der Waals surface area contributed by atoms with Gasteiger partial charge >= 0.3 is 5.56 Å². The highest BCUT2D eigenvalue weighted by molar-refractivity contribution is 7.89. The molecule has 12 heteroatoms. The average molecular weight is 471 g/mol. The van der Waals surface area contributed by atoms with Crippen LogP contribution in [-0.4, -0.2) is 30.3 Å². The fourth-order valence-corrected chi connectivity index (χ4v) is 4.17. The Balaban J connectivity index is 1.60. The van der Waals surface area contributed by atoms with Gasteiger partial charge in [0.25, 0.3) is 0 Å². The number of primary sulfonamides is 1. The van der Waals surface area contributed by atoms with Crippen LogP contribution < -0.4 is 15.4 Å². The molecular formula is C20H18N6O4S2. The van der Waals surface area contributed by atoms with Gasteiger partial charge in [0.2, 0.25) is 15.2 Å². The number of benzene rings is 2. The van der Waals surface area contributed by atoms with Gasteiger partial charge in [-0.3, -0.25) is 9.89 Å². The highest BCUT2D eigenvalue weighted by Gasteiger charge is 2.15. The molecule has 4 rings (SSSR count). The lowest BCUT2D eigenvalue weighted by Gasteiger charge is -2.00. The van der Waals surface area contributed by atoms with Crippen LogP contribution in [-0.2, 0) is 10.0 Å². The van der Waals surface area contributed by atoms with Gasteiger partial charge in [0.05, 0.1) is 29.1 Å². The van der Waals surface area contributed by atoms with Gasteiger partial charge in [0, 0.05) is 10.9 Å². The van der Waals surface area contributed by atoms with Crippen LogP contribution in [0.2, 0.25) is 0 Å². The van der Waals surface area contributed by atoms with Gasteiger partial charge in [-0.1, -0.05) is 0 Å². The van der Waals surface area contributed by atoms with Crippen molar-refractivity contribution in [3.8, 4) is 22.1 Å². The van der Waals surface area contributed by atoms with E-state index in [1.807, 2.05) is 29.6 Å². The molecule has 32 heavy (non-hydrogen) atoms. The predicted molar refractivity (Wildman–Crippen MR) is 121 cm³/mol. The Labute approximate surface area is 187 Å². The van der Waals surface area contributed by atoms with Gasteiger partial charge in [-0.25, -0.2) is 18.5 Å². The monoisotopic (exact) mass is 470 g/mol. The molecule has 2 heterocycles. The molecule has 164 valence electrons. The highest BCUT2D eigenvalue weighted by atomic mass is 32.2. The van der Waals surface area contributed by atoms with Crippen molar-refractivity contribution in [3.05, 3.63) is 70.0 Å². The van der Waals surface area contributed by atoms with Crippen molar-refractivity contribution in [1.29, 1.82) is 0 Å². The third-order valence-electron chi connectivity index (χ3n) is 4.54. The van der Waals surface area contributed by atoms with E-state index in [9.17, 15) is 13.2 Å². The van der Waals surface area contributed by atoms with Crippen LogP contribution in [0.25, 0.3) is 16.4 Å². The smallest absolute Gasteiger partial charge is 0.301 e. The second-order valence-corrected chi connectivity index (χ2v) is 9.11. The molecule has 0 aliphatic rings. The van der Waals surface area contributed by atoms with Gasteiger partial charge in [0.15, 0.2) is 5.69 Å². The maximum atomic E-state index is 12.9. The number of nitrogens with two attached hydrogens (primary N) is 1. The number of ether oxygens (including phenoxy) is 1. The number of hydrogen-bond donors (Lipinski definition) is 2. The van der Waals surface area contributed by atoms with E-state index in [2.05, 4.69) is 20.3 Å². The number of H-pyrrole nitrogens is 1. The fraction of sp³-hybridized carbons (Fsp3) is 0.100.